The molecule has 1 unspecified atom stereocenters. The summed E-state index contributed by atoms with van der Waals surface area (Å²) in [5.74, 6) is -0.216. The van der Waals surface area contributed by atoms with Crippen LogP contribution in [0.3, 0.4) is 0 Å². The molecule has 48 heavy (non-hydrogen) atoms. The smallest absolute Gasteiger partial charge is 0.320 e. The van der Waals surface area contributed by atoms with Crippen molar-refractivity contribution in [2.24, 2.45) is 0 Å². The van der Waals surface area contributed by atoms with Crippen molar-refractivity contribution in [3.8, 4) is 11.1 Å². The van der Waals surface area contributed by atoms with Crippen LogP contribution in [0, 0.1) is 6.92 Å². The highest BCUT2D eigenvalue weighted by Gasteiger charge is 2.28. The first-order chi connectivity index (χ1) is 23.4. The molecule has 0 spiro atoms. The Labute approximate surface area is 281 Å². The van der Waals surface area contributed by atoms with E-state index in [0.29, 0.717) is 23.8 Å². The average Bonchev–Trinajstić information content (AvgIpc) is 3.74. The van der Waals surface area contributed by atoms with Gasteiger partial charge in [-0.3, -0.25) is 24.0 Å². The number of aliphatic carboxylic acids is 1. The Hall–Kier alpha value is -4.97. The van der Waals surface area contributed by atoms with Gasteiger partial charge in [0.05, 0.1) is 11.2 Å². The number of hydrogen-bond acceptors (Lipinski definition) is 9. The van der Waals surface area contributed by atoms with E-state index in [-0.39, 0.29) is 5.91 Å². The second-order valence-electron chi connectivity index (χ2n) is 12.5. The molecule has 0 radical (unpaired) electrons. The molecule has 2 aliphatic rings. The molecule has 0 bridgehead atoms. The number of carboxylic acid groups (broad SMARTS) is 1. The van der Waals surface area contributed by atoms with Crippen LogP contribution in [0.4, 0.5) is 11.5 Å². The molecule has 4 aromatic heterocycles. The molecule has 8 rings (SSSR count). The third kappa shape index (κ3) is 5.53. The number of piperidine rings is 1. The summed E-state index contributed by atoms with van der Waals surface area (Å²) in [6.07, 6.45) is 8.92. The van der Waals surface area contributed by atoms with Gasteiger partial charge < -0.3 is 15.7 Å². The molecule has 6 aromatic rings. The monoisotopic (exact) mass is 657 g/mol. The SMILES string of the molecule is Cc1c(Nc2nccc3cc(CN4CCCCC4C(=O)O)cnc23)cccc1-c1cccc2c1ccn2C(=O)c1nc2c(s1)CNCC2. The van der Waals surface area contributed by atoms with Crippen LogP contribution < -0.4 is 10.6 Å². The lowest BCUT2D eigenvalue weighted by atomic mass is 9.96. The van der Waals surface area contributed by atoms with Gasteiger partial charge in [-0.05, 0) is 78.9 Å². The summed E-state index contributed by atoms with van der Waals surface area (Å²) in [5, 5.41) is 19.0. The number of benzene rings is 2. The first kappa shape index (κ1) is 30.4. The van der Waals surface area contributed by atoms with Crippen molar-refractivity contribution < 1.29 is 14.7 Å². The summed E-state index contributed by atoms with van der Waals surface area (Å²) in [6.45, 7) is 5.06. The lowest BCUT2D eigenvalue weighted by Crippen LogP contribution is -2.44. The minimum Gasteiger partial charge on any atom is -0.480 e. The van der Waals surface area contributed by atoms with Crippen molar-refractivity contribution in [2.75, 3.05) is 18.4 Å². The Bertz CT molecular complexity index is 2180. The molecule has 0 aliphatic carbocycles. The quantitative estimate of drug-likeness (QED) is 0.176. The number of hydrogen-bond donors (Lipinski definition) is 3. The second-order valence-corrected chi connectivity index (χ2v) is 13.6. The van der Waals surface area contributed by atoms with Gasteiger partial charge in [-0.2, -0.15) is 0 Å². The molecule has 3 N–H and O–H groups in total. The summed E-state index contributed by atoms with van der Waals surface area (Å²) in [6, 6.07) is 17.8. The van der Waals surface area contributed by atoms with E-state index < -0.39 is 12.0 Å². The minimum absolute atomic E-state index is 0.107. The first-order valence-electron chi connectivity index (χ1n) is 16.4. The molecule has 11 heteroatoms. The third-order valence-electron chi connectivity index (χ3n) is 9.55. The van der Waals surface area contributed by atoms with Crippen LogP contribution in [0.15, 0.2) is 73.2 Å². The van der Waals surface area contributed by atoms with Gasteiger partial charge in [-0.1, -0.05) is 30.7 Å². The van der Waals surface area contributed by atoms with Gasteiger partial charge in [-0.15, -0.1) is 11.3 Å². The summed E-state index contributed by atoms with van der Waals surface area (Å²) in [5.41, 5.74) is 7.64. The van der Waals surface area contributed by atoms with Crippen LogP contribution in [0.25, 0.3) is 32.9 Å². The predicted octanol–water partition coefficient (Wildman–Crippen LogP) is 6.53. The van der Waals surface area contributed by atoms with Crippen LogP contribution >= 0.6 is 11.3 Å². The van der Waals surface area contributed by atoms with E-state index in [4.69, 9.17) is 4.98 Å². The number of fused-ring (bicyclic) bond motifs is 3. The molecule has 0 saturated carbocycles. The first-order valence-corrected chi connectivity index (χ1v) is 17.2. The Balaban J connectivity index is 1.08. The van der Waals surface area contributed by atoms with E-state index in [9.17, 15) is 14.7 Å². The largest absolute Gasteiger partial charge is 0.480 e. The van der Waals surface area contributed by atoms with Crippen molar-refractivity contribution in [1.82, 2.24) is 29.7 Å². The lowest BCUT2D eigenvalue weighted by molar-refractivity contribution is -0.144. The normalized spacial score (nSPS) is 16.6. The maximum absolute atomic E-state index is 13.6. The van der Waals surface area contributed by atoms with Gasteiger partial charge in [0.2, 0.25) is 0 Å². The van der Waals surface area contributed by atoms with E-state index in [0.717, 1.165) is 99.2 Å². The van der Waals surface area contributed by atoms with E-state index in [2.05, 4.69) is 45.7 Å². The summed E-state index contributed by atoms with van der Waals surface area (Å²) in [7, 11) is 0. The van der Waals surface area contributed by atoms with Crippen LogP contribution in [0.2, 0.25) is 0 Å². The molecule has 1 atom stereocenters. The van der Waals surface area contributed by atoms with Gasteiger partial charge in [-0.25, -0.2) is 9.97 Å². The van der Waals surface area contributed by atoms with Crippen LogP contribution in [0.1, 0.15) is 50.8 Å². The third-order valence-corrected chi connectivity index (χ3v) is 10.6. The molecule has 10 nitrogen and oxygen atoms in total. The Morgan fingerprint density at radius 2 is 1.96 bits per heavy atom. The van der Waals surface area contributed by atoms with Crippen molar-refractivity contribution in [3.05, 3.63) is 99.9 Å². The van der Waals surface area contributed by atoms with Gasteiger partial charge in [0, 0.05) is 66.0 Å². The summed E-state index contributed by atoms with van der Waals surface area (Å²) >= 11 is 1.48. The fourth-order valence-electron chi connectivity index (χ4n) is 7.07. The van der Waals surface area contributed by atoms with Gasteiger partial charge in [0.25, 0.3) is 5.91 Å². The summed E-state index contributed by atoms with van der Waals surface area (Å²) < 4.78 is 1.71. The second kappa shape index (κ2) is 12.6. The Kier molecular flexibility index (Phi) is 7.95. The molecular weight excluding hydrogens is 623 g/mol. The predicted molar refractivity (Wildman–Crippen MR) is 188 cm³/mol. The fourth-order valence-corrected chi connectivity index (χ4v) is 8.08. The van der Waals surface area contributed by atoms with E-state index in [1.54, 1.807) is 10.8 Å². The van der Waals surface area contributed by atoms with Crippen molar-refractivity contribution in [3.63, 3.8) is 0 Å². The van der Waals surface area contributed by atoms with E-state index in [1.807, 2.05) is 53.7 Å². The number of nitrogens with one attached hydrogen (secondary N) is 2. The lowest BCUT2D eigenvalue weighted by Gasteiger charge is -2.32. The maximum Gasteiger partial charge on any atom is 0.320 e. The van der Waals surface area contributed by atoms with Crippen LogP contribution in [0.5, 0.6) is 0 Å². The minimum atomic E-state index is -0.759. The average molecular weight is 658 g/mol. The zero-order chi connectivity index (χ0) is 32.8. The van der Waals surface area contributed by atoms with Crippen LogP contribution in [-0.2, 0) is 24.3 Å². The molecular formula is C37H35N7O3S. The number of nitrogens with zero attached hydrogens (tertiary/aromatic N) is 5. The standard InChI is InChI=1S/C37H35N7O3S/c1-22-25(26-7-5-10-30-27(26)13-17-44(30)36(45)35-42-29-12-14-38-20-32(29)48-35)6-4-8-28(22)41-34-33-24(11-15-39-34)18-23(19-40-33)21-43-16-3-2-9-31(43)37(46)47/h4-8,10-11,13,15,17-19,31,38H,2-3,9,12,14,16,20-21H2,1H3,(H,39,41)(H,46,47). The number of thiazole rings is 1. The van der Waals surface area contributed by atoms with E-state index in [1.165, 1.54) is 11.3 Å². The molecule has 2 aromatic carbocycles. The topological polar surface area (TPSA) is 125 Å². The number of rotatable bonds is 7. The highest BCUT2D eigenvalue weighted by molar-refractivity contribution is 7.13. The van der Waals surface area contributed by atoms with Crippen LogP contribution in [-0.4, -0.2) is 60.5 Å². The zero-order valence-electron chi connectivity index (χ0n) is 26.6. The molecule has 1 saturated heterocycles. The van der Waals surface area contributed by atoms with E-state index >= 15 is 0 Å². The maximum atomic E-state index is 13.6. The molecule has 6 heterocycles. The number of anilines is 2. The number of carboxylic acids is 1. The number of likely N-dealkylation sites (tertiary alicyclic amines) is 1. The summed E-state index contributed by atoms with van der Waals surface area (Å²) in [4.78, 5) is 42.7. The number of aromatic nitrogens is 4. The van der Waals surface area contributed by atoms with Crippen molar-refractivity contribution >= 4 is 56.5 Å². The van der Waals surface area contributed by atoms with Crippen molar-refractivity contribution in [2.45, 2.75) is 51.7 Å². The van der Waals surface area contributed by atoms with Gasteiger partial charge >= 0.3 is 5.97 Å². The van der Waals surface area contributed by atoms with Gasteiger partial charge in [0.1, 0.15) is 11.6 Å². The fraction of sp³-hybridized carbons (Fsp3) is 0.270. The zero-order valence-corrected chi connectivity index (χ0v) is 27.4. The number of carbonyl (C=O) groups is 2. The molecule has 242 valence electrons. The molecule has 0 amide bonds. The highest BCUT2D eigenvalue weighted by atomic mass is 32.1. The van der Waals surface area contributed by atoms with Gasteiger partial charge in [0.15, 0.2) is 10.8 Å². The van der Waals surface area contributed by atoms with Crippen molar-refractivity contribution in [1.29, 1.82) is 0 Å². The Morgan fingerprint density at radius 3 is 2.83 bits per heavy atom. The molecule has 1 fully saturated rings. The Morgan fingerprint density at radius 1 is 1.08 bits per heavy atom. The molecule has 2 aliphatic heterocycles. The number of pyridine rings is 2. The highest BCUT2D eigenvalue weighted by Crippen LogP contribution is 2.36. The number of carbonyl (C=O) groups excluding carboxylic acids is 1.